The second kappa shape index (κ2) is 4.38. The summed E-state index contributed by atoms with van der Waals surface area (Å²) < 4.78 is 1.75. The Morgan fingerprint density at radius 1 is 1.29 bits per heavy atom. The SMILES string of the molecule is CCn1nnc(C#N)c1-c1ccc(C)c(C)c1. The molecular weight excluding hydrogens is 212 g/mol. The van der Waals surface area contributed by atoms with Crippen molar-refractivity contribution in [3.63, 3.8) is 0 Å². The molecule has 0 aliphatic rings. The second-order valence-corrected chi connectivity index (χ2v) is 4.01. The lowest BCUT2D eigenvalue weighted by Crippen LogP contribution is -2.00. The van der Waals surface area contributed by atoms with Crippen LogP contribution in [-0.4, -0.2) is 15.0 Å². The summed E-state index contributed by atoms with van der Waals surface area (Å²) in [4.78, 5) is 0. The Hall–Kier alpha value is -2.15. The monoisotopic (exact) mass is 226 g/mol. The Kier molecular flexibility index (Phi) is 2.92. The highest BCUT2D eigenvalue weighted by Gasteiger charge is 2.13. The van der Waals surface area contributed by atoms with Gasteiger partial charge in [0.2, 0.25) is 0 Å². The molecule has 1 aromatic carbocycles. The van der Waals surface area contributed by atoms with Gasteiger partial charge in [-0.3, -0.25) is 0 Å². The average molecular weight is 226 g/mol. The molecule has 0 spiro atoms. The van der Waals surface area contributed by atoms with E-state index >= 15 is 0 Å². The molecule has 0 atom stereocenters. The van der Waals surface area contributed by atoms with Crippen LogP contribution in [0.15, 0.2) is 18.2 Å². The van der Waals surface area contributed by atoms with Crippen LogP contribution in [0.25, 0.3) is 11.3 Å². The van der Waals surface area contributed by atoms with Gasteiger partial charge in [-0.25, -0.2) is 4.68 Å². The summed E-state index contributed by atoms with van der Waals surface area (Å²) in [7, 11) is 0. The zero-order valence-electron chi connectivity index (χ0n) is 10.2. The van der Waals surface area contributed by atoms with Crippen LogP contribution in [0.3, 0.4) is 0 Å². The molecular formula is C13H14N4. The number of nitriles is 1. The lowest BCUT2D eigenvalue weighted by atomic mass is 10.0. The molecule has 0 unspecified atom stereocenters. The number of rotatable bonds is 2. The smallest absolute Gasteiger partial charge is 0.190 e. The van der Waals surface area contributed by atoms with Crippen LogP contribution < -0.4 is 0 Å². The summed E-state index contributed by atoms with van der Waals surface area (Å²) in [6, 6.07) is 8.22. The van der Waals surface area contributed by atoms with Gasteiger partial charge < -0.3 is 0 Å². The zero-order chi connectivity index (χ0) is 12.4. The maximum Gasteiger partial charge on any atom is 0.190 e. The molecule has 1 aromatic heterocycles. The molecule has 0 amide bonds. The molecule has 0 aliphatic carbocycles. The van der Waals surface area contributed by atoms with E-state index in [1.807, 2.05) is 13.0 Å². The predicted octanol–water partition coefficient (Wildman–Crippen LogP) is 2.45. The van der Waals surface area contributed by atoms with E-state index in [-0.39, 0.29) is 0 Å². The number of benzene rings is 1. The Balaban J connectivity index is 2.63. The highest BCUT2D eigenvalue weighted by Crippen LogP contribution is 2.24. The Bertz CT molecular complexity index is 590. The summed E-state index contributed by atoms with van der Waals surface area (Å²) in [6.45, 7) is 6.82. The van der Waals surface area contributed by atoms with Gasteiger partial charge in [0.25, 0.3) is 0 Å². The summed E-state index contributed by atoms with van der Waals surface area (Å²) in [5.74, 6) is 0. The van der Waals surface area contributed by atoms with Crippen LogP contribution in [0, 0.1) is 25.2 Å². The van der Waals surface area contributed by atoms with Crippen molar-refractivity contribution in [2.45, 2.75) is 27.3 Å². The fourth-order valence-electron chi connectivity index (χ4n) is 1.78. The topological polar surface area (TPSA) is 54.5 Å². The summed E-state index contributed by atoms with van der Waals surface area (Å²) in [5, 5.41) is 16.9. The van der Waals surface area contributed by atoms with Crippen molar-refractivity contribution < 1.29 is 0 Å². The van der Waals surface area contributed by atoms with Crippen LogP contribution in [-0.2, 0) is 6.54 Å². The normalized spacial score (nSPS) is 10.2. The first-order chi connectivity index (χ1) is 8.17. The molecule has 2 rings (SSSR count). The van der Waals surface area contributed by atoms with Crippen LogP contribution in [0.5, 0.6) is 0 Å². The van der Waals surface area contributed by atoms with Gasteiger partial charge in [0.05, 0.1) is 0 Å². The van der Waals surface area contributed by atoms with Gasteiger partial charge in [-0.2, -0.15) is 5.26 Å². The lowest BCUT2D eigenvalue weighted by molar-refractivity contribution is 0.632. The van der Waals surface area contributed by atoms with Crippen molar-refractivity contribution in [2.24, 2.45) is 0 Å². The Morgan fingerprint density at radius 3 is 2.65 bits per heavy atom. The molecule has 0 N–H and O–H groups in total. The molecule has 4 nitrogen and oxygen atoms in total. The van der Waals surface area contributed by atoms with Gasteiger partial charge in [0.15, 0.2) is 5.69 Å². The minimum Gasteiger partial charge on any atom is -0.244 e. The molecule has 0 radical (unpaired) electrons. The van der Waals surface area contributed by atoms with Gasteiger partial charge in [0.1, 0.15) is 11.8 Å². The summed E-state index contributed by atoms with van der Waals surface area (Å²) >= 11 is 0. The number of aryl methyl sites for hydroxylation is 3. The number of hydrogen-bond donors (Lipinski definition) is 0. The average Bonchev–Trinajstić information content (AvgIpc) is 2.75. The molecule has 86 valence electrons. The van der Waals surface area contributed by atoms with E-state index in [9.17, 15) is 0 Å². The highest BCUT2D eigenvalue weighted by atomic mass is 15.4. The van der Waals surface area contributed by atoms with E-state index < -0.39 is 0 Å². The molecule has 0 aliphatic heterocycles. The van der Waals surface area contributed by atoms with Gasteiger partial charge >= 0.3 is 0 Å². The van der Waals surface area contributed by atoms with E-state index in [2.05, 4.69) is 42.4 Å². The predicted molar refractivity (Wildman–Crippen MR) is 65.3 cm³/mol. The third-order valence-corrected chi connectivity index (χ3v) is 2.92. The van der Waals surface area contributed by atoms with Crippen molar-refractivity contribution >= 4 is 0 Å². The maximum absolute atomic E-state index is 9.05. The fraction of sp³-hybridized carbons (Fsp3) is 0.308. The molecule has 0 bridgehead atoms. The standard InChI is InChI=1S/C13H14N4/c1-4-17-13(12(8-14)15-16-17)11-6-5-9(2)10(3)7-11/h5-7H,4H2,1-3H3. The number of hydrogen-bond acceptors (Lipinski definition) is 3. The molecule has 4 heteroatoms. The Labute approximate surface area is 101 Å². The van der Waals surface area contributed by atoms with Crippen LogP contribution in [0.2, 0.25) is 0 Å². The first-order valence-corrected chi connectivity index (χ1v) is 5.58. The van der Waals surface area contributed by atoms with Crippen molar-refractivity contribution in [1.29, 1.82) is 5.26 Å². The van der Waals surface area contributed by atoms with Crippen LogP contribution in [0.4, 0.5) is 0 Å². The third-order valence-electron chi connectivity index (χ3n) is 2.92. The lowest BCUT2D eigenvalue weighted by Gasteiger charge is -2.06. The molecule has 1 heterocycles. The van der Waals surface area contributed by atoms with E-state index in [4.69, 9.17) is 5.26 Å². The minimum atomic E-state index is 0.384. The number of nitrogens with zero attached hydrogens (tertiary/aromatic N) is 4. The van der Waals surface area contributed by atoms with Gasteiger partial charge in [-0.1, -0.05) is 17.3 Å². The molecule has 0 saturated carbocycles. The van der Waals surface area contributed by atoms with Crippen LogP contribution in [0.1, 0.15) is 23.7 Å². The first kappa shape index (κ1) is 11.3. The van der Waals surface area contributed by atoms with Crippen molar-refractivity contribution in [2.75, 3.05) is 0 Å². The van der Waals surface area contributed by atoms with Gasteiger partial charge in [-0.05, 0) is 38.0 Å². The third kappa shape index (κ3) is 1.92. The van der Waals surface area contributed by atoms with Gasteiger partial charge in [0, 0.05) is 12.1 Å². The first-order valence-electron chi connectivity index (χ1n) is 5.58. The van der Waals surface area contributed by atoms with E-state index in [0.29, 0.717) is 12.2 Å². The van der Waals surface area contributed by atoms with E-state index in [0.717, 1.165) is 11.3 Å². The van der Waals surface area contributed by atoms with Crippen molar-refractivity contribution in [3.8, 4) is 17.3 Å². The maximum atomic E-state index is 9.05. The molecule has 17 heavy (non-hydrogen) atoms. The Morgan fingerprint density at radius 2 is 2.06 bits per heavy atom. The van der Waals surface area contributed by atoms with Gasteiger partial charge in [-0.15, -0.1) is 5.10 Å². The quantitative estimate of drug-likeness (QED) is 0.790. The minimum absolute atomic E-state index is 0.384. The largest absolute Gasteiger partial charge is 0.244 e. The summed E-state index contributed by atoms with van der Waals surface area (Å²) in [6.07, 6.45) is 0. The molecule has 2 aromatic rings. The van der Waals surface area contributed by atoms with Crippen molar-refractivity contribution in [1.82, 2.24) is 15.0 Å². The molecule has 0 fully saturated rings. The highest BCUT2D eigenvalue weighted by molar-refractivity contribution is 5.66. The van der Waals surface area contributed by atoms with Crippen molar-refractivity contribution in [3.05, 3.63) is 35.0 Å². The van der Waals surface area contributed by atoms with Crippen LogP contribution >= 0.6 is 0 Å². The fourth-order valence-corrected chi connectivity index (χ4v) is 1.78. The molecule has 0 saturated heterocycles. The number of aromatic nitrogens is 3. The summed E-state index contributed by atoms with van der Waals surface area (Å²) in [5.41, 5.74) is 4.63. The van der Waals surface area contributed by atoms with E-state index in [1.165, 1.54) is 11.1 Å². The van der Waals surface area contributed by atoms with E-state index in [1.54, 1.807) is 4.68 Å². The second-order valence-electron chi connectivity index (χ2n) is 4.01. The zero-order valence-corrected chi connectivity index (χ0v) is 10.2.